The minimum Gasteiger partial charge on any atom is -0.468 e. The topological polar surface area (TPSA) is 19.6 Å². The van der Waals surface area contributed by atoms with E-state index in [4.69, 9.17) is 4.42 Å². The van der Waals surface area contributed by atoms with Gasteiger partial charge in [0, 0.05) is 33.6 Å². The van der Waals surface area contributed by atoms with Gasteiger partial charge < -0.3 is 14.2 Å². The zero-order chi connectivity index (χ0) is 50.6. The number of rotatable bonds is 1. The van der Waals surface area contributed by atoms with E-state index in [0.717, 1.165) is 36.9 Å². The quantitative estimate of drug-likeness (QED) is 0.153. The molecule has 4 aliphatic carbocycles. The first-order valence-electron chi connectivity index (χ1n) is 27.8. The monoisotopic (exact) mass is 955 g/mol. The summed E-state index contributed by atoms with van der Waals surface area (Å²) in [5.41, 5.74) is 29.7. The van der Waals surface area contributed by atoms with E-state index in [2.05, 4.69) is 210 Å². The number of hydrogen-bond donors (Lipinski definition) is 0. The van der Waals surface area contributed by atoms with Gasteiger partial charge in [0.15, 0.2) is 0 Å². The van der Waals surface area contributed by atoms with Gasteiger partial charge in [-0.15, -0.1) is 0 Å². The predicted molar refractivity (Wildman–Crippen MR) is 309 cm³/mol. The van der Waals surface area contributed by atoms with E-state index in [0.29, 0.717) is 0 Å². The van der Waals surface area contributed by atoms with Gasteiger partial charge in [0.25, 0.3) is 6.71 Å². The maximum absolute atomic E-state index is 7.86. The Kier molecular flexibility index (Phi) is 8.20. The number of benzene rings is 7. The zero-order valence-electron chi connectivity index (χ0n) is 45.9. The molecule has 73 heavy (non-hydrogen) atoms. The second-order valence-electron chi connectivity index (χ2n) is 28.2. The van der Waals surface area contributed by atoms with Gasteiger partial charge >= 0.3 is 0 Å². The summed E-state index contributed by atoms with van der Waals surface area (Å²) in [6, 6.07) is 41.8. The highest BCUT2D eigenvalue weighted by molar-refractivity contribution is 7.00. The molecule has 1 aromatic heterocycles. The van der Waals surface area contributed by atoms with Crippen LogP contribution in [0.3, 0.4) is 0 Å². The van der Waals surface area contributed by atoms with Gasteiger partial charge in [-0.1, -0.05) is 132 Å². The molecular weight excluding hydrogens is 884 g/mol. The number of anilines is 6. The fourth-order valence-electron chi connectivity index (χ4n) is 16.4. The van der Waals surface area contributed by atoms with Crippen molar-refractivity contribution in [1.82, 2.24) is 0 Å². The summed E-state index contributed by atoms with van der Waals surface area (Å²) < 4.78 is 7.86. The highest BCUT2D eigenvalue weighted by Gasteiger charge is 2.57. The Morgan fingerprint density at radius 2 is 1.01 bits per heavy atom. The average molecular weight is 955 g/mol. The first-order valence-corrected chi connectivity index (χ1v) is 27.8. The first kappa shape index (κ1) is 44.5. The van der Waals surface area contributed by atoms with Crippen LogP contribution in [0.15, 0.2) is 108 Å². The Labute approximate surface area is 434 Å². The van der Waals surface area contributed by atoms with Crippen LogP contribution in [0, 0.1) is 6.92 Å². The molecule has 7 aliphatic rings. The third kappa shape index (κ3) is 5.44. The van der Waals surface area contributed by atoms with Gasteiger partial charge in [0.05, 0.1) is 17.0 Å². The summed E-state index contributed by atoms with van der Waals surface area (Å²) >= 11 is 0. The van der Waals surface area contributed by atoms with E-state index in [-0.39, 0.29) is 39.2 Å². The molecule has 0 radical (unpaired) electrons. The summed E-state index contributed by atoms with van der Waals surface area (Å²) in [7, 11) is 0. The van der Waals surface area contributed by atoms with Crippen molar-refractivity contribution in [3.05, 3.63) is 159 Å². The molecule has 8 aromatic rings. The van der Waals surface area contributed by atoms with Crippen molar-refractivity contribution in [3.8, 4) is 11.1 Å². The molecule has 1 atom stereocenters. The van der Waals surface area contributed by atoms with Gasteiger partial charge in [-0.05, 0) is 228 Å². The summed E-state index contributed by atoms with van der Waals surface area (Å²) in [6.07, 6.45) is 7.00. The molecule has 366 valence electrons. The van der Waals surface area contributed by atoms with E-state index in [1.165, 1.54) is 141 Å². The van der Waals surface area contributed by atoms with Crippen molar-refractivity contribution in [2.45, 2.75) is 173 Å². The van der Waals surface area contributed by atoms with Crippen LogP contribution >= 0.6 is 0 Å². The Morgan fingerprint density at radius 3 is 1.67 bits per heavy atom. The maximum Gasteiger partial charge on any atom is 0.297 e. The van der Waals surface area contributed by atoms with Crippen LogP contribution in [-0.2, 0) is 37.9 Å². The first-order chi connectivity index (χ1) is 34.4. The molecule has 4 heteroatoms. The highest BCUT2D eigenvalue weighted by Crippen LogP contribution is 2.65. The SMILES string of the molecule is Cc1cc2c3c4c1C1(C)c5cc6ccccc6cc5-c5cccc(c51)N4c1cc4c(cc1B3c1oc3cc5c(cc3c1N2c1ccc2c(c1)C(C)(C)CCC2(C)C)C(C)(C)CCC5(C)C)C(C)(C)CCC4(C)C. The van der Waals surface area contributed by atoms with Crippen LogP contribution in [0.25, 0.3) is 32.9 Å². The van der Waals surface area contributed by atoms with Crippen LogP contribution in [0.2, 0.25) is 0 Å². The Bertz CT molecular complexity index is 3870. The second kappa shape index (κ2) is 13.4. The average Bonchev–Trinajstić information content (AvgIpc) is 3.84. The van der Waals surface area contributed by atoms with E-state index >= 15 is 0 Å². The summed E-state index contributed by atoms with van der Waals surface area (Å²) in [5.74, 6) is 0. The molecule has 4 heterocycles. The molecule has 15 rings (SSSR count). The molecule has 3 nitrogen and oxygen atoms in total. The van der Waals surface area contributed by atoms with Crippen LogP contribution in [0.1, 0.15) is 184 Å². The Hall–Kier alpha value is -6.00. The number of aryl methyl sites for hydroxylation is 1. The number of hydrogen-bond acceptors (Lipinski definition) is 3. The van der Waals surface area contributed by atoms with Crippen molar-refractivity contribution < 1.29 is 4.42 Å². The molecule has 0 spiro atoms. The van der Waals surface area contributed by atoms with Crippen molar-refractivity contribution in [2.75, 3.05) is 9.80 Å². The maximum atomic E-state index is 7.86. The van der Waals surface area contributed by atoms with Crippen molar-refractivity contribution in [2.24, 2.45) is 0 Å². The Balaban J connectivity index is 1.12. The highest BCUT2D eigenvalue weighted by atomic mass is 16.3. The van der Waals surface area contributed by atoms with Gasteiger partial charge in [-0.2, -0.15) is 0 Å². The summed E-state index contributed by atoms with van der Waals surface area (Å²) in [4.78, 5) is 5.47. The minimum atomic E-state index is -0.398. The van der Waals surface area contributed by atoms with Crippen LogP contribution in [0.5, 0.6) is 0 Å². The summed E-state index contributed by atoms with van der Waals surface area (Å²) in [6.45, 7) is 34.6. The van der Waals surface area contributed by atoms with Crippen LogP contribution in [-0.4, -0.2) is 6.71 Å². The number of furan rings is 1. The van der Waals surface area contributed by atoms with Gasteiger partial charge in [0.1, 0.15) is 5.58 Å². The van der Waals surface area contributed by atoms with Crippen LogP contribution < -0.4 is 26.4 Å². The van der Waals surface area contributed by atoms with E-state index in [1.54, 1.807) is 0 Å². The van der Waals surface area contributed by atoms with Crippen molar-refractivity contribution in [3.63, 3.8) is 0 Å². The second-order valence-corrected chi connectivity index (χ2v) is 28.2. The molecule has 0 N–H and O–H groups in total. The lowest BCUT2D eigenvalue weighted by molar-refractivity contribution is 0.332. The van der Waals surface area contributed by atoms with Gasteiger partial charge in [-0.25, -0.2) is 0 Å². The standard InChI is InChI=1S/C69H71BN2O/c1-38-30-55-59-61-57(38)69(14)46-32-40-19-16-15-18-39(40)31-43(46)42-20-17-21-53(58(42)69)72(61)54-36-50-49(66(8,9)27-28-67(50,10)11)35-52(54)70(59)62-60(44-34-48-51(37-56(44)73-62)68(12,13)29-26-65(48,6)7)71(55)41-22-23-45-47(33-41)64(4,5)25-24-63(45,2)3/h15-23,30-37H,24-29H2,1-14H3. The van der Waals surface area contributed by atoms with Crippen molar-refractivity contribution in [1.29, 1.82) is 0 Å². The van der Waals surface area contributed by atoms with E-state index in [1.807, 2.05) is 0 Å². The van der Waals surface area contributed by atoms with Gasteiger partial charge in [-0.3, -0.25) is 0 Å². The molecule has 0 amide bonds. The number of fused-ring (bicyclic) bond motifs is 16. The fraction of sp³-hybridized carbons (Fsp3) is 0.391. The fourth-order valence-corrected chi connectivity index (χ4v) is 16.4. The lowest BCUT2D eigenvalue weighted by Crippen LogP contribution is -2.62. The van der Waals surface area contributed by atoms with E-state index in [9.17, 15) is 0 Å². The lowest BCUT2D eigenvalue weighted by Gasteiger charge is -2.51. The third-order valence-electron chi connectivity index (χ3n) is 21.1. The Morgan fingerprint density at radius 1 is 0.438 bits per heavy atom. The molecule has 0 bridgehead atoms. The van der Waals surface area contributed by atoms with Crippen molar-refractivity contribution >= 4 is 79.2 Å². The molecule has 7 aromatic carbocycles. The zero-order valence-corrected chi connectivity index (χ0v) is 45.9. The predicted octanol–water partition coefficient (Wildman–Crippen LogP) is 16.7. The lowest BCUT2D eigenvalue weighted by atomic mass is 9.34. The molecule has 1 unspecified atom stereocenters. The largest absolute Gasteiger partial charge is 0.468 e. The number of nitrogens with zero attached hydrogens (tertiary/aromatic N) is 2. The molecule has 3 aliphatic heterocycles. The molecule has 0 saturated carbocycles. The van der Waals surface area contributed by atoms with E-state index < -0.39 is 5.41 Å². The summed E-state index contributed by atoms with van der Waals surface area (Å²) in [5, 5.41) is 3.83. The molecular formula is C69H71BN2O. The molecule has 0 fully saturated rings. The minimum absolute atomic E-state index is 0.0247. The van der Waals surface area contributed by atoms with Crippen LogP contribution in [0.4, 0.5) is 34.1 Å². The smallest absolute Gasteiger partial charge is 0.297 e. The third-order valence-corrected chi connectivity index (χ3v) is 21.1. The normalized spacial score (nSPS) is 22.7. The molecule has 0 saturated heterocycles. The van der Waals surface area contributed by atoms with Gasteiger partial charge in [0.2, 0.25) is 0 Å².